The molecule has 0 amide bonds. The molecule has 1 atom stereocenters. The molecule has 4 heteroatoms. The van der Waals surface area contributed by atoms with Crippen molar-refractivity contribution in [2.75, 3.05) is 6.61 Å². The maximum absolute atomic E-state index is 12.0. The summed E-state index contributed by atoms with van der Waals surface area (Å²) in [5.74, 6) is 0.368. The second kappa shape index (κ2) is 6.57. The van der Waals surface area contributed by atoms with Gasteiger partial charge < -0.3 is 9.47 Å². The molecule has 0 aliphatic heterocycles. The van der Waals surface area contributed by atoms with Crippen LogP contribution < -0.4 is 4.74 Å². The van der Waals surface area contributed by atoms with Crippen LogP contribution in [0.3, 0.4) is 0 Å². The number of fused-ring (bicyclic) bond motifs is 1. The van der Waals surface area contributed by atoms with Crippen LogP contribution in [-0.4, -0.2) is 23.7 Å². The molecule has 0 bridgehead atoms. The molecule has 0 spiro atoms. The predicted octanol–water partition coefficient (Wildman–Crippen LogP) is 3.51. The normalized spacial score (nSPS) is 12.4. The van der Waals surface area contributed by atoms with Gasteiger partial charge in [0.05, 0.1) is 12.1 Å². The molecule has 1 aromatic heterocycles. The maximum Gasteiger partial charge on any atom is 0.347 e. The van der Waals surface area contributed by atoms with Gasteiger partial charge in [0.15, 0.2) is 6.10 Å². The molecule has 0 fully saturated rings. The molecule has 0 aliphatic carbocycles. The molecule has 4 nitrogen and oxygen atoms in total. The third kappa shape index (κ3) is 3.51. The number of hydrogen-bond donors (Lipinski definition) is 0. The molecule has 0 aliphatic rings. The molecule has 112 valence electrons. The van der Waals surface area contributed by atoms with Crippen LogP contribution in [-0.2, 0) is 9.53 Å². The van der Waals surface area contributed by atoms with Crippen molar-refractivity contribution in [3.8, 4) is 5.75 Å². The Labute approximate surface area is 125 Å². The lowest BCUT2D eigenvalue weighted by Crippen LogP contribution is -2.34. The monoisotopic (exact) mass is 287 g/mol. The van der Waals surface area contributed by atoms with Gasteiger partial charge in [-0.2, -0.15) is 0 Å². The summed E-state index contributed by atoms with van der Waals surface area (Å²) in [7, 11) is 0. The van der Waals surface area contributed by atoms with E-state index in [0.29, 0.717) is 12.4 Å². The number of carbonyl (C=O) groups is 1. The Hall–Kier alpha value is -2.10. The molecule has 0 saturated heterocycles. The highest BCUT2D eigenvalue weighted by Crippen LogP contribution is 2.27. The van der Waals surface area contributed by atoms with Crippen molar-refractivity contribution in [2.45, 2.75) is 33.8 Å². The Morgan fingerprint density at radius 3 is 2.67 bits per heavy atom. The summed E-state index contributed by atoms with van der Waals surface area (Å²) in [6.07, 6.45) is -0.616. The molecular formula is C17H21NO3. The van der Waals surface area contributed by atoms with Gasteiger partial charge in [-0.1, -0.05) is 26.0 Å². The summed E-state index contributed by atoms with van der Waals surface area (Å²) in [5.41, 5.74) is 1.72. The van der Waals surface area contributed by atoms with Crippen molar-refractivity contribution in [1.29, 1.82) is 0 Å². The zero-order valence-electron chi connectivity index (χ0n) is 12.9. The topological polar surface area (TPSA) is 48.4 Å². The average molecular weight is 287 g/mol. The minimum absolute atomic E-state index is 0.0243. The summed E-state index contributed by atoms with van der Waals surface area (Å²) in [5, 5.41) is 0.901. The number of carbonyl (C=O) groups excluding carboxylic acids is 1. The van der Waals surface area contributed by atoms with Crippen molar-refractivity contribution in [1.82, 2.24) is 4.98 Å². The first-order valence-corrected chi connectivity index (χ1v) is 7.22. The lowest BCUT2D eigenvalue weighted by Gasteiger charge is -2.21. The van der Waals surface area contributed by atoms with E-state index in [1.54, 1.807) is 6.92 Å². The van der Waals surface area contributed by atoms with Gasteiger partial charge in [-0.05, 0) is 26.0 Å². The SMILES string of the molecule is CCOC(=O)C(Oc1cc(C)nc2ccccc12)C(C)C. The van der Waals surface area contributed by atoms with E-state index in [1.165, 1.54) is 0 Å². The Bertz CT molecular complexity index is 637. The molecule has 2 aromatic rings. The van der Waals surface area contributed by atoms with Gasteiger partial charge in [-0.15, -0.1) is 0 Å². The molecule has 1 heterocycles. The number of rotatable bonds is 5. The minimum Gasteiger partial charge on any atom is -0.478 e. The van der Waals surface area contributed by atoms with Gasteiger partial charge in [0.1, 0.15) is 5.75 Å². The number of para-hydroxylation sites is 1. The van der Waals surface area contributed by atoms with Crippen LogP contribution in [0, 0.1) is 12.8 Å². The third-order valence-corrected chi connectivity index (χ3v) is 3.18. The van der Waals surface area contributed by atoms with Gasteiger partial charge in [-0.25, -0.2) is 4.79 Å². The number of aromatic nitrogens is 1. The molecule has 1 aromatic carbocycles. The third-order valence-electron chi connectivity index (χ3n) is 3.18. The number of benzene rings is 1. The van der Waals surface area contributed by atoms with Gasteiger partial charge in [-0.3, -0.25) is 4.98 Å². The molecule has 0 radical (unpaired) electrons. The van der Waals surface area contributed by atoms with Crippen molar-refractivity contribution in [3.63, 3.8) is 0 Å². The highest BCUT2D eigenvalue weighted by Gasteiger charge is 2.26. The highest BCUT2D eigenvalue weighted by molar-refractivity contribution is 5.86. The predicted molar refractivity (Wildman–Crippen MR) is 82.4 cm³/mol. The van der Waals surface area contributed by atoms with E-state index in [4.69, 9.17) is 9.47 Å². The first-order valence-electron chi connectivity index (χ1n) is 7.22. The Morgan fingerprint density at radius 2 is 2.00 bits per heavy atom. The summed E-state index contributed by atoms with van der Waals surface area (Å²) in [4.78, 5) is 16.5. The van der Waals surface area contributed by atoms with Crippen molar-refractivity contribution < 1.29 is 14.3 Å². The fourth-order valence-corrected chi connectivity index (χ4v) is 2.18. The smallest absolute Gasteiger partial charge is 0.347 e. The van der Waals surface area contributed by atoms with Gasteiger partial charge >= 0.3 is 5.97 Å². The standard InChI is InChI=1S/C17H21NO3/c1-5-20-17(19)16(11(2)3)21-15-10-12(4)18-14-9-7-6-8-13(14)15/h6-11,16H,5H2,1-4H3. The van der Waals surface area contributed by atoms with Crippen LogP contribution in [0.4, 0.5) is 0 Å². The second-order valence-electron chi connectivity index (χ2n) is 5.31. The number of ether oxygens (including phenoxy) is 2. The zero-order chi connectivity index (χ0) is 15.4. The Morgan fingerprint density at radius 1 is 1.29 bits per heavy atom. The summed E-state index contributed by atoms with van der Waals surface area (Å²) in [6.45, 7) is 7.94. The van der Waals surface area contributed by atoms with E-state index < -0.39 is 6.10 Å². The van der Waals surface area contributed by atoms with E-state index in [0.717, 1.165) is 16.6 Å². The van der Waals surface area contributed by atoms with Crippen LogP contribution >= 0.6 is 0 Å². The van der Waals surface area contributed by atoms with Crippen LogP contribution in [0.15, 0.2) is 30.3 Å². The molecule has 2 rings (SSSR count). The highest BCUT2D eigenvalue weighted by atomic mass is 16.6. The van der Waals surface area contributed by atoms with Gasteiger partial charge in [0.25, 0.3) is 0 Å². The Balaban J connectivity index is 2.38. The van der Waals surface area contributed by atoms with Gasteiger partial charge in [0, 0.05) is 23.1 Å². The number of aryl methyl sites for hydroxylation is 1. The fraction of sp³-hybridized carbons (Fsp3) is 0.412. The second-order valence-corrected chi connectivity index (χ2v) is 5.31. The Kier molecular flexibility index (Phi) is 4.78. The molecule has 21 heavy (non-hydrogen) atoms. The van der Waals surface area contributed by atoms with Crippen LogP contribution in [0.25, 0.3) is 10.9 Å². The number of hydrogen-bond acceptors (Lipinski definition) is 4. The van der Waals surface area contributed by atoms with E-state index >= 15 is 0 Å². The van der Waals surface area contributed by atoms with E-state index in [-0.39, 0.29) is 11.9 Å². The summed E-state index contributed by atoms with van der Waals surface area (Å²) < 4.78 is 11.1. The quantitative estimate of drug-likeness (QED) is 0.790. The summed E-state index contributed by atoms with van der Waals surface area (Å²) in [6, 6.07) is 9.60. The van der Waals surface area contributed by atoms with Crippen molar-refractivity contribution in [2.24, 2.45) is 5.92 Å². The number of nitrogens with zero attached hydrogens (tertiary/aromatic N) is 1. The minimum atomic E-state index is -0.616. The molecule has 1 unspecified atom stereocenters. The lowest BCUT2D eigenvalue weighted by molar-refractivity contribution is -0.153. The first-order chi connectivity index (χ1) is 10.0. The maximum atomic E-state index is 12.0. The average Bonchev–Trinajstić information content (AvgIpc) is 2.44. The first kappa shape index (κ1) is 15.3. The summed E-state index contributed by atoms with van der Waals surface area (Å²) >= 11 is 0. The van der Waals surface area contributed by atoms with E-state index in [2.05, 4.69) is 4.98 Å². The van der Waals surface area contributed by atoms with Crippen LogP contribution in [0.1, 0.15) is 26.5 Å². The van der Waals surface area contributed by atoms with E-state index in [9.17, 15) is 4.79 Å². The van der Waals surface area contributed by atoms with Crippen molar-refractivity contribution in [3.05, 3.63) is 36.0 Å². The van der Waals surface area contributed by atoms with Gasteiger partial charge in [0.2, 0.25) is 0 Å². The molecule has 0 saturated carbocycles. The number of esters is 1. The number of pyridine rings is 1. The van der Waals surface area contributed by atoms with Crippen LogP contribution in [0.2, 0.25) is 0 Å². The molecular weight excluding hydrogens is 266 g/mol. The largest absolute Gasteiger partial charge is 0.478 e. The molecule has 0 N–H and O–H groups in total. The lowest BCUT2D eigenvalue weighted by atomic mass is 10.1. The van der Waals surface area contributed by atoms with Crippen LogP contribution in [0.5, 0.6) is 5.75 Å². The zero-order valence-corrected chi connectivity index (χ0v) is 12.9. The van der Waals surface area contributed by atoms with Crippen molar-refractivity contribution >= 4 is 16.9 Å². The van der Waals surface area contributed by atoms with E-state index in [1.807, 2.05) is 51.1 Å². The fourth-order valence-electron chi connectivity index (χ4n) is 2.18.